The molecule has 10 nitrogen and oxygen atoms in total. The van der Waals surface area contributed by atoms with E-state index in [9.17, 15) is 9.59 Å². The Balaban J connectivity index is 1.51. The molecule has 0 fully saturated rings. The Hall–Kier alpha value is -7.15. The number of halogens is 9. The minimum atomic E-state index is -1.91. The molecule has 4 aromatic heterocycles. The second kappa shape index (κ2) is 15.2. The quantitative estimate of drug-likeness (QED) is 0.0561. The van der Waals surface area contributed by atoms with Gasteiger partial charge in [0.05, 0.1) is 33.5 Å². The number of rotatable bonds is 9. The van der Waals surface area contributed by atoms with Crippen molar-refractivity contribution in [3.05, 3.63) is 123 Å². The smallest absolute Gasteiger partial charge is 0.322 e. The molecule has 5 heterocycles. The first kappa shape index (κ1) is 39.7. The van der Waals surface area contributed by atoms with E-state index in [4.69, 9.17) is 10.2 Å². The summed E-state index contributed by atoms with van der Waals surface area (Å²) in [5.74, 6) is -18.3. The first-order valence-electron chi connectivity index (χ1n) is 17.4. The van der Waals surface area contributed by atoms with Gasteiger partial charge in [-0.1, -0.05) is 28.1 Å². The average molecular weight is 896 g/mol. The standard InChI is InChI=1S/C41H23BrF8N6O4/c42-16-3-1-15(2-4-16)27-19-9-11-23(55-19)28(30-32(43)36(47)40(37(48)33(30)44)51-13-25(57)58)21-7-5-17(53-21)18-6-8-22(54-18)29(24-12-10-20(27)56-24)31-34(45)38(49)41(39(50)35(31)46)52-14-26(59)60/h1-12,51-55H,13-14H2,(H,57,58)(H,59,60). The SMILES string of the molecule is O=C(O)CNc1c(F)c(F)c(-c2c3nc(c(-c4ccc(Br)cc4)c4ccc([nH]4)c(-c4c(F)c(F)c(NCC(=O)O)c(F)c4F)c4ccc([nH]4)c4ccc2[nH]4)C=C3)c(F)c1F. The second-order valence-electron chi connectivity index (χ2n) is 13.2. The first-order valence-corrected chi connectivity index (χ1v) is 18.2. The number of benzene rings is 3. The van der Waals surface area contributed by atoms with Crippen LogP contribution in [0.2, 0.25) is 0 Å². The number of nitrogens with zero attached hydrogens (tertiary/aromatic N) is 1. The predicted octanol–water partition coefficient (Wildman–Crippen LogP) is 10.6. The van der Waals surface area contributed by atoms with Gasteiger partial charge in [-0.25, -0.2) is 40.1 Å². The number of aromatic amines is 3. The Bertz CT molecular complexity index is 3070. The summed E-state index contributed by atoms with van der Waals surface area (Å²) in [6, 6.07) is 14.9. The van der Waals surface area contributed by atoms with Gasteiger partial charge < -0.3 is 35.8 Å². The third-order valence-electron chi connectivity index (χ3n) is 9.57. The average Bonchev–Trinajstić information content (AvgIpc) is 4.06. The van der Waals surface area contributed by atoms with E-state index in [1.165, 1.54) is 48.6 Å². The molecule has 8 bridgehead atoms. The number of H-pyrrole nitrogens is 3. The summed E-state index contributed by atoms with van der Waals surface area (Å²) in [6.45, 7) is -2.13. The van der Waals surface area contributed by atoms with Crippen molar-refractivity contribution in [1.82, 2.24) is 19.9 Å². The van der Waals surface area contributed by atoms with Crippen molar-refractivity contribution < 1.29 is 54.9 Å². The van der Waals surface area contributed by atoms with Crippen LogP contribution in [0.3, 0.4) is 0 Å². The summed E-state index contributed by atoms with van der Waals surface area (Å²) in [4.78, 5) is 35.7. The maximum absolute atomic E-state index is 16.1. The fraction of sp³-hybridized carbons (Fsp3) is 0.0488. The maximum Gasteiger partial charge on any atom is 0.322 e. The third-order valence-corrected chi connectivity index (χ3v) is 10.1. The van der Waals surface area contributed by atoms with E-state index >= 15 is 35.1 Å². The summed E-state index contributed by atoms with van der Waals surface area (Å²) < 4.78 is 127. The van der Waals surface area contributed by atoms with Crippen LogP contribution in [0.25, 0.3) is 78.6 Å². The minimum Gasteiger partial charge on any atom is -0.480 e. The highest BCUT2D eigenvalue weighted by Crippen LogP contribution is 2.42. The second-order valence-corrected chi connectivity index (χ2v) is 14.1. The summed E-state index contributed by atoms with van der Waals surface area (Å²) in [5.41, 5.74) is -5.16. The van der Waals surface area contributed by atoms with Crippen LogP contribution in [0.15, 0.2) is 65.1 Å². The molecule has 0 saturated heterocycles. The van der Waals surface area contributed by atoms with Crippen molar-refractivity contribution in [2.75, 3.05) is 23.7 Å². The monoisotopic (exact) mass is 894 g/mol. The van der Waals surface area contributed by atoms with Crippen LogP contribution in [0.5, 0.6) is 0 Å². The molecular formula is C41H23BrF8N6O4. The van der Waals surface area contributed by atoms with Gasteiger partial charge in [-0.15, -0.1) is 0 Å². The van der Waals surface area contributed by atoms with Crippen molar-refractivity contribution in [3.63, 3.8) is 0 Å². The van der Waals surface area contributed by atoms with Crippen LogP contribution >= 0.6 is 15.9 Å². The molecule has 3 aromatic carbocycles. The van der Waals surface area contributed by atoms with Crippen LogP contribution in [0.1, 0.15) is 11.4 Å². The lowest BCUT2D eigenvalue weighted by Gasteiger charge is -2.13. The molecule has 60 heavy (non-hydrogen) atoms. The molecule has 0 radical (unpaired) electrons. The van der Waals surface area contributed by atoms with Crippen molar-refractivity contribution in [2.24, 2.45) is 0 Å². The topological polar surface area (TPSA) is 159 Å². The Morgan fingerprint density at radius 2 is 0.833 bits per heavy atom. The largest absolute Gasteiger partial charge is 0.480 e. The van der Waals surface area contributed by atoms with Crippen LogP contribution in [-0.2, 0) is 9.59 Å². The van der Waals surface area contributed by atoms with E-state index in [0.717, 1.165) is 0 Å². The van der Waals surface area contributed by atoms with Gasteiger partial charge in [0.1, 0.15) is 24.5 Å². The number of fused-ring (bicyclic) bond motifs is 9. The molecule has 0 amide bonds. The Kier molecular flexibility index (Phi) is 10.1. The normalized spacial score (nSPS) is 11.8. The molecule has 8 rings (SSSR count). The Labute approximate surface area is 338 Å². The third kappa shape index (κ3) is 6.75. The number of carboxylic acid groups (broad SMARTS) is 2. The number of carbonyl (C=O) groups is 2. The maximum atomic E-state index is 16.1. The molecule has 7 N–H and O–H groups in total. The highest BCUT2D eigenvalue weighted by molar-refractivity contribution is 9.10. The summed E-state index contributed by atoms with van der Waals surface area (Å²) in [5, 5.41) is 21.7. The van der Waals surface area contributed by atoms with Crippen LogP contribution in [0.4, 0.5) is 46.5 Å². The van der Waals surface area contributed by atoms with E-state index in [1.54, 1.807) is 24.3 Å². The van der Waals surface area contributed by atoms with Gasteiger partial charge in [0.2, 0.25) is 0 Å². The molecule has 304 valence electrons. The first-order chi connectivity index (χ1) is 28.6. The summed E-state index contributed by atoms with van der Waals surface area (Å²) >= 11 is 3.37. The number of aliphatic carboxylic acids is 2. The van der Waals surface area contributed by atoms with Crippen molar-refractivity contribution in [2.45, 2.75) is 0 Å². The lowest BCUT2D eigenvalue weighted by Crippen LogP contribution is -2.16. The van der Waals surface area contributed by atoms with E-state index in [-0.39, 0.29) is 50.1 Å². The van der Waals surface area contributed by atoms with Gasteiger partial charge in [0.15, 0.2) is 46.5 Å². The van der Waals surface area contributed by atoms with Crippen LogP contribution in [0, 0.1) is 46.5 Å². The van der Waals surface area contributed by atoms with Gasteiger partial charge in [0.25, 0.3) is 0 Å². The molecule has 0 saturated carbocycles. The molecule has 1 aliphatic rings. The summed E-state index contributed by atoms with van der Waals surface area (Å²) in [7, 11) is 0. The van der Waals surface area contributed by atoms with E-state index in [0.29, 0.717) is 10.0 Å². The zero-order valence-electron chi connectivity index (χ0n) is 29.9. The number of hydrogen-bond donors (Lipinski definition) is 7. The highest BCUT2D eigenvalue weighted by Gasteiger charge is 2.31. The zero-order valence-corrected chi connectivity index (χ0v) is 31.5. The number of anilines is 2. The van der Waals surface area contributed by atoms with Crippen LogP contribution < -0.4 is 10.6 Å². The number of aromatic nitrogens is 4. The van der Waals surface area contributed by atoms with Crippen molar-refractivity contribution in [3.8, 4) is 33.4 Å². The lowest BCUT2D eigenvalue weighted by molar-refractivity contribution is -0.136. The highest BCUT2D eigenvalue weighted by atomic mass is 79.9. The van der Waals surface area contributed by atoms with Crippen molar-refractivity contribution in [1.29, 1.82) is 0 Å². The van der Waals surface area contributed by atoms with E-state index < -0.39 is 105 Å². The van der Waals surface area contributed by atoms with Gasteiger partial charge >= 0.3 is 11.9 Å². The van der Waals surface area contributed by atoms with Gasteiger partial charge in [-0.2, -0.15) is 0 Å². The van der Waals surface area contributed by atoms with Gasteiger partial charge in [-0.05, 0) is 66.2 Å². The molecule has 0 aliphatic carbocycles. The van der Waals surface area contributed by atoms with E-state index in [2.05, 4.69) is 35.9 Å². The molecule has 0 atom stereocenters. The molecular weight excluding hydrogens is 872 g/mol. The van der Waals surface area contributed by atoms with Gasteiger partial charge in [-0.3, -0.25) is 9.59 Å². The Morgan fingerprint density at radius 3 is 1.27 bits per heavy atom. The fourth-order valence-corrected chi connectivity index (χ4v) is 7.20. The number of carboxylic acids is 2. The van der Waals surface area contributed by atoms with Gasteiger partial charge in [0, 0.05) is 43.2 Å². The van der Waals surface area contributed by atoms with Crippen LogP contribution in [-0.4, -0.2) is 55.2 Å². The summed E-state index contributed by atoms with van der Waals surface area (Å²) in [6.07, 6.45) is 2.76. The van der Waals surface area contributed by atoms with E-state index in [1.807, 2.05) is 10.6 Å². The number of nitrogens with one attached hydrogen (secondary N) is 5. The molecule has 19 heteroatoms. The lowest BCUT2D eigenvalue weighted by atomic mass is 10.0. The molecule has 0 unspecified atom stereocenters. The fourth-order valence-electron chi connectivity index (χ4n) is 6.94. The minimum absolute atomic E-state index is 0.0800. The molecule has 1 aliphatic heterocycles. The molecule has 7 aromatic rings. The zero-order chi connectivity index (χ0) is 42.7. The Morgan fingerprint density at radius 1 is 0.483 bits per heavy atom. The predicted molar refractivity (Wildman–Crippen MR) is 211 cm³/mol. The molecule has 0 spiro atoms. The van der Waals surface area contributed by atoms with Crippen molar-refractivity contribution >= 4 is 84.5 Å². The number of hydrogen-bond acceptors (Lipinski definition) is 5.